The van der Waals surface area contributed by atoms with E-state index >= 15 is 0 Å². The molecule has 0 N–H and O–H groups in total. The molecule has 1 saturated carbocycles. The third-order valence-electron chi connectivity index (χ3n) is 4.30. The van der Waals surface area contributed by atoms with Crippen molar-refractivity contribution < 1.29 is 9.53 Å². The molecule has 1 saturated heterocycles. The number of carbonyl (C=O) groups excluding carboxylic acids is 1. The minimum atomic E-state index is -0.141. The molecule has 3 atom stereocenters. The Morgan fingerprint density at radius 3 is 3.06 bits per heavy atom. The Morgan fingerprint density at radius 2 is 2.38 bits per heavy atom. The number of hydrogen-bond acceptors (Lipinski definition) is 2. The average Bonchev–Trinajstić information content (AvgIpc) is 2.56. The molecule has 0 bridgehead atoms. The van der Waals surface area contributed by atoms with Crippen LogP contribution in [0.2, 0.25) is 0 Å². The number of fused-ring (bicyclic) bond motifs is 1. The van der Waals surface area contributed by atoms with Crippen LogP contribution in [0.4, 0.5) is 0 Å². The summed E-state index contributed by atoms with van der Waals surface area (Å²) in [6.45, 7) is 6.02. The summed E-state index contributed by atoms with van der Waals surface area (Å²) in [6.07, 6.45) is 9.34. The van der Waals surface area contributed by atoms with Gasteiger partial charge in [-0.15, -0.1) is 6.58 Å². The Morgan fingerprint density at radius 1 is 1.56 bits per heavy atom. The maximum Gasteiger partial charge on any atom is 0.306 e. The Balaban J connectivity index is 2.24. The quantitative estimate of drug-likeness (QED) is 0.538. The summed E-state index contributed by atoms with van der Waals surface area (Å²) in [6, 6.07) is 0. The number of hydrogen-bond donors (Lipinski definition) is 0. The van der Waals surface area contributed by atoms with Crippen LogP contribution < -0.4 is 0 Å². The summed E-state index contributed by atoms with van der Waals surface area (Å²) in [4.78, 5) is 11.6. The smallest absolute Gasteiger partial charge is 0.306 e. The second kappa shape index (κ2) is 4.60. The van der Waals surface area contributed by atoms with E-state index in [9.17, 15) is 4.79 Å². The fourth-order valence-electron chi connectivity index (χ4n) is 3.70. The van der Waals surface area contributed by atoms with E-state index < -0.39 is 0 Å². The highest BCUT2D eigenvalue weighted by Gasteiger charge is 2.54. The van der Waals surface area contributed by atoms with Crippen molar-refractivity contribution in [3.63, 3.8) is 0 Å². The lowest BCUT2D eigenvalue weighted by Crippen LogP contribution is -2.46. The predicted molar refractivity (Wildman–Crippen MR) is 64.0 cm³/mol. The van der Waals surface area contributed by atoms with Gasteiger partial charge in [-0.2, -0.15) is 0 Å². The minimum Gasteiger partial charge on any atom is -0.458 e. The third-order valence-corrected chi connectivity index (χ3v) is 4.30. The standard InChI is InChI=1S/C14H22O2/c1-3-6-11-7-5-8-12-10-13(15)16-14(11,12)9-4-2/h3,11-12H,1,4-10H2,2H3/t11-,12?,14+/m1/s1. The molecule has 2 heteroatoms. The Bertz CT molecular complexity index is 284. The van der Waals surface area contributed by atoms with Crippen LogP contribution >= 0.6 is 0 Å². The molecular weight excluding hydrogens is 200 g/mol. The molecule has 0 spiro atoms. The zero-order chi connectivity index (χ0) is 11.6. The van der Waals surface area contributed by atoms with Gasteiger partial charge in [-0.3, -0.25) is 4.79 Å². The first kappa shape index (κ1) is 11.7. The average molecular weight is 222 g/mol. The van der Waals surface area contributed by atoms with Gasteiger partial charge in [0.15, 0.2) is 0 Å². The van der Waals surface area contributed by atoms with Crippen LogP contribution in [0.3, 0.4) is 0 Å². The maximum absolute atomic E-state index is 11.6. The van der Waals surface area contributed by atoms with Gasteiger partial charge >= 0.3 is 5.97 Å². The third kappa shape index (κ3) is 1.79. The lowest BCUT2D eigenvalue weighted by molar-refractivity contribution is -0.158. The molecule has 1 aliphatic carbocycles. The summed E-state index contributed by atoms with van der Waals surface area (Å²) in [7, 11) is 0. The van der Waals surface area contributed by atoms with Crippen molar-refractivity contribution in [3.8, 4) is 0 Å². The monoisotopic (exact) mass is 222 g/mol. The van der Waals surface area contributed by atoms with Gasteiger partial charge in [0, 0.05) is 11.8 Å². The van der Waals surface area contributed by atoms with Crippen LogP contribution in [-0.4, -0.2) is 11.6 Å². The molecule has 0 radical (unpaired) electrons. The van der Waals surface area contributed by atoms with Crippen molar-refractivity contribution in [2.75, 3.05) is 0 Å². The van der Waals surface area contributed by atoms with E-state index in [1.807, 2.05) is 6.08 Å². The normalized spacial score (nSPS) is 37.9. The number of allylic oxidation sites excluding steroid dienone is 1. The fourth-order valence-corrected chi connectivity index (χ4v) is 3.70. The van der Waals surface area contributed by atoms with E-state index in [0.29, 0.717) is 18.3 Å². The molecular formula is C14H22O2. The number of esters is 1. The summed E-state index contributed by atoms with van der Waals surface area (Å²) >= 11 is 0. The highest BCUT2D eigenvalue weighted by Crippen LogP contribution is 2.51. The van der Waals surface area contributed by atoms with Crippen molar-refractivity contribution >= 4 is 5.97 Å². The van der Waals surface area contributed by atoms with E-state index in [4.69, 9.17) is 4.74 Å². The molecule has 0 amide bonds. The molecule has 2 rings (SSSR count). The molecule has 16 heavy (non-hydrogen) atoms. The molecule has 0 aromatic rings. The maximum atomic E-state index is 11.6. The van der Waals surface area contributed by atoms with Crippen molar-refractivity contribution in [2.24, 2.45) is 11.8 Å². The predicted octanol–water partition coefficient (Wildman–Crippen LogP) is 3.46. The second-order valence-corrected chi connectivity index (χ2v) is 5.23. The number of rotatable bonds is 4. The van der Waals surface area contributed by atoms with E-state index in [0.717, 1.165) is 19.3 Å². The van der Waals surface area contributed by atoms with Gasteiger partial charge in [-0.1, -0.05) is 25.8 Å². The van der Waals surface area contributed by atoms with E-state index in [2.05, 4.69) is 13.5 Å². The Kier molecular flexibility index (Phi) is 3.36. The molecule has 2 fully saturated rings. The van der Waals surface area contributed by atoms with Crippen molar-refractivity contribution in [1.82, 2.24) is 0 Å². The highest BCUT2D eigenvalue weighted by atomic mass is 16.6. The zero-order valence-corrected chi connectivity index (χ0v) is 10.2. The molecule has 0 aromatic carbocycles. The first-order valence-electron chi connectivity index (χ1n) is 6.55. The van der Waals surface area contributed by atoms with Crippen molar-refractivity contribution in [1.29, 1.82) is 0 Å². The van der Waals surface area contributed by atoms with Gasteiger partial charge in [0.1, 0.15) is 5.60 Å². The topological polar surface area (TPSA) is 26.3 Å². The summed E-state index contributed by atoms with van der Waals surface area (Å²) in [5.41, 5.74) is -0.141. The minimum absolute atomic E-state index is 0.0226. The van der Waals surface area contributed by atoms with Crippen LogP contribution in [0.15, 0.2) is 12.7 Å². The summed E-state index contributed by atoms with van der Waals surface area (Å²) < 4.78 is 5.77. The van der Waals surface area contributed by atoms with Crippen LogP contribution in [0.1, 0.15) is 51.9 Å². The van der Waals surface area contributed by atoms with Gasteiger partial charge in [0.05, 0.1) is 6.42 Å². The molecule has 1 heterocycles. The van der Waals surface area contributed by atoms with Crippen LogP contribution in [0.25, 0.3) is 0 Å². The molecule has 90 valence electrons. The lowest BCUT2D eigenvalue weighted by atomic mass is 9.65. The largest absolute Gasteiger partial charge is 0.458 e. The number of ether oxygens (including phenoxy) is 1. The summed E-state index contributed by atoms with van der Waals surface area (Å²) in [5, 5.41) is 0. The second-order valence-electron chi connectivity index (χ2n) is 5.23. The van der Waals surface area contributed by atoms with E-state index in [-0.39, 0.29) is 11.6 Å². The first-order valence-corrected chi connectivity index (χ1v) is 6.55. The molecule has 0 aromatic heterocycles. The molecule has 2 nitrogen and oxygen atoms in total. The van der Waals surface area contributed by atoms with Crippen LogP contribution in [0.5, 0.6) is 0 Å². The summed E-state index contributed by atoms with van der Waals surface area (Å²) in [5.74, 6) is 1.00. The fraction of sp³-hybridized carbons (Fsp3) is 0.786. The molecule has 2 aliphatic rings. The number of carbonyl (C=O) groups is 1. The van der Waals surface area contributed by atoms with Gasteiger partial charge in [0.25, 0.3) is 0 Å². The highest BCUT2D eigenvalue weighted by molar-refractivity contribution is 5.73. The van der Waals surface area contributed by atoms with Crippen LogP contribution in [0, 0.1) is 11.8 Å². The van der Waals surface area contributed by atoms with E-state index in [1.54, 1.807) is 0 Å². The van der Waals surface area contributed by atoms with Gasteiger partial charge < -0.3 is 4.74 Å². The Hall–Kier alpha value is -0.790. The van der Waals surface area contributed by atoms with Gasteiger partial charge in [-0.05, 0) is 25.7 Å². The van der Waals surface area contributed by atoms with Crippen LogP contribution in [-0.2, 0) is 9.53 Å². The van der Waals surface area contributed by atoms with Gasteiger partial charge in [-0.25, -0.2) is 0 Å². The SMILES string of the molecule is C=CC[C@@H]1CCCC2CC(=O)O[C@]21CCC. The van der Waals surface area contributed by atoms with Gasteiger partial charge in [0.2, 0.25) is 0 Å². The lowest BCUT2D eigenvalue weighted by Gasteiger charge is -2.44. The molecule has 1 unspecified atom stereocenters. The van der Waals surface area contributed by atoms with Crippen molar-refractivity contribution in [3.05, 3.63) is 12.7 Å². The zero-order valence-electron chi connectivity index (χ0n) is 10.2. The van der Waals surface area contributed by atoms with E-state index in [1.165, 1.54) is 19.3 Å². The molecule has 1 aliphatic heterocycles. The Labute approximate surface area is 98.1 Å². The van der Waals surface area contributed by atoms with Crippen molar-refractivity contribution in [2.45, 2.75) is 57.5 Å². The first-order chi connectivity index (χ1) is 7.73.